The molecule has 1 aliphatic heterocycles. The number of phenolic OH excluding ortho intramolecular Hbond substituents is 2. The molecule has 0 spiro atoms. The lowest BCUT2D eigenvalue weighted by molar-refractivity contribution is -0.128. The summed E-state index contributed by atoms with van der Waals surface area (Å²) in [6.45, 7) is 6.81. The van der Waals surface area contributed by atoms with E-state index in [1.807, 2.05) is 36.2 Å². The number of likely N-dealkylation sites (tertiary alicyclic amines) is 1. The van der Waals surface area contributed by atoms with Crippen molar-refractivity contribution >= 4 is 12.0 Å². The van der Waals surface area contributed by atoms with Crippen LogP contribution in [0.1, 0.15) is 36.8 Å². The van der Waals surface area contributed by atoms with Crippen molar-refractivity contribution in [2.75, 3.05) is 26.7 Å². The highest BCUT2D eigenvalue weighted by Crippen LogP contribution is 2.50. The highest BCUT2D eigenvalue weighted by atomic mass is 16.3. The van der Waals surface area contributed by atoms with E-state index < -0.39 is 0 Å². The third-order valence-corrected chi connectivity index (χ3v) is 7.57. The van der Waals surface area contributed by atoms with Crippen LogP contribution in [0.25, 0.3) is 6.08 Å². The molecule has 3 atom stereocenters. The molecule has 1 aliphatic carbocycles. The van der Waals surface area contributed by atoms with E-state index in [4.69, 9.17) is 0 Å². The van der Waals surface area contributed by atoms with Crippen LogP contribution in [0.5, 0.6) is 11.5 Å². The largest absolute Gasteiger partial charge is 0.508 e. The number of aromatic hydroxyl groups is 2. The van der Waals surface area contributed by atoms with Crippen LogP contribution < -0.4 is 0 Å². The lowest BCUT2D eigenvalue weighted by atomic mass is 9.57. The number of hydrogen-bond donors (Lipinski definition) is 2. The maximum Gasteiger partial charge on any atom is 0.246 e. The van der Waals surface area contributed by atoms with Crippen LogP contribution in [-0.2, 0) is 10.2 Å². The molecule has 1 heterocycles. The Hall–Kier alpha value is -3.05. The third-order valence-electron chi connectivity index (χ3n) is 7.57. The second kappa shape index (κ2) is 9.84. The molecule has 0 unspecified atom stereocenters. The van der Waals surface area contributed by atoms with E-state index in [0.29, 0.717) is 11.7 Å². The molecular formula is C28H34N2O3. The van der Waals surface area contributed by atoms with Gasteiger partial charge in [-0.15, -0.1) is 6.58 Å². The van der Waals surface area contributed by atoms with Gasteiger partial charge in [-0.2, -0.15) is 0 Å². The first-order valence-corrected chi connectivity index (χ1v) is 11.8. The molecule has 1 saturated heterocycles. The van der Waals surface area contributed by atoms with Gasteiger partial charge in [-0.25, -0.2) is 0 Å². The number of phenols is 2. The van der Waals surface area contributed by atoms with Crippen LogP contribution in [0, 0.1) is 5.92 Å². The number of fused-ring (bicyclic) bond motifs is 1. The summed E-state index contributed by atoms with van der Waals surface area (Å²) in [6, 6.07) is 14.7. The van der Waals surface area contributed by atoms with Gasteiger partial charge in [0.05, 0.1) is 0 Å². The number of likely N-dealkylation sites (N-methyl/N-ethyl adjacent to an activating group) is 1. The average molecular weight is 447 g/mol. The van der Waals surface area contributed by atoms with E-state index in [1.165, 1.54) is 5.56 Å². The van der Waals surface area contributed by atoms with E-state index in [-0.39, 0.29) is 23.1 Å². The Morgan fingerprint density at radius 2 is 1.94 bits per heavy atom. The standard InChI is InChI=1S/C28H34N2O3/c1-3-15-30-16-14-28(22-7-5-9-26(32)18-22)19-24(12-11-23(28)20-30)29(2)27(33)13-10-21-6-4-8-25(31)17-21/h3-10,13,17-18,23-24,31-32H,1,11-12,14-16,19-20H2,2H3/t23-,24+,28+/m1/s1. The summed E-state index contributed by atoms with van der Waals surface area (Å²) in [5.41, 5.74) is 1.93. The number of piperidine rings is 1. The summed E-state index contributed by atoms with van der Waals surface area (Å²) in [6.07, 6.45) is 9.23. The molecule has 33 heavy (non-hydrogen) atoms. The number of benzene rings is 2. The van der Waals surface area contributed by atoms with Crippen molar-refractivity contribution in [2.45, 2.75) is 37.1 Å². The first kappa shape index (κ1) is 23.1. The van der Waals surface area contributed by atoms with Crippen molar-refractivity contribution in [3.05, 3.63) is 78.4 Å². The quantitative estimate of drug-likeness (QED) is 0.504. The molecule has 174 valence electrons. The van der Waals surface area contributed by atoms with Crippen LogP contribution >= 0.6 is 0 Å². The molecule has 2 N–H and O–H groups in total. The Morgan fingerprint density at radius 1 is 1.18 bits per heavy atom. The van der Waals surface area contributed by atoms with Crippen molar-refractivity contribution < 1.29 is 15.0 Å². The van der Waals surface area contributed by atoms with Gasteiger partial charge in [0, 0.05) is 37.7 Å². The predicted molar refractivity (Wildman–Crippen MR) is 132 cm³/mol. The van der Waals surface area contributed by atoms with Crippen molar-refractivity contribution in [2.24, 2.45) is 5.92 Å². The number of hydrogen-bond acceptors (Lipinski definition) is 4. The smallest absolute Gasteiger partial charge is 0.246 e. The minimum Gasteiger partial charge on any atom is -0.508 e. The van der Waals surface area contributed by atoms with E-state index in [1.54, 1.807) is 36.4 Å². The monoisotopic (exact) mass is 446 g/mol. The zero-order valence-corrected chi connectivity index (χ0v) is 19.4. The number of carbonyl (C=O) groups excluding carboxylic acids is 1. The molecule has 0 bridgehead atoms. The molecular weight excluding hydrogens is 412 g/mol. The van der Waals surface area contributed by atoms with Crippen LogP contribution in [-0.4, -0.2) is 58.6 Å². The SMILES string of the molecule is C=CCN1CC[C@@]2(c3cccc(O)c3)C[C@@H](N(C)C(=O)C=Cc3cccc(O)c3)CC[C@@H]2C1. The second-order valence-corrected chi connectivity index (χ2v) is 9.51. The highest BCUT2D eigenvalue weighted by molar-refractivity contribution is 5.91. The number of nitrogens with zero attached hydrogens (tertiary/aromatic N) is 2. The first-order valence-electron chi connectivity index (χ1n) is 11.8. The predicted octanol–water partition coefficient (Wildman–Crippen LogP) is 4.57. The fraction of sp³-hybridized carbons (Fsp3) is 0.393. The summed E-state index contributed by atoms with van der Waals surface area (Å²) >= 11 is 0. The normalized spacial score (nSPS) is 25.5. The topological polar surface area (TPSA) is 64.0 Å². The van der Waals surface area contributed by atoms with Crippen LogP contribution in [0.3, 0.4) is 0 Å². The third kappa shape index (κ3) is 4.98. The van der Waals surface area contributed by atoms with E-state index in [0.717, 1.165) is 50.9 Å². The summed E-state index contributed by atoms with van der Waals surface area (Å²) in [5.74, 6) is 0.939. The zero-order valence-electron chi connectivity index (χ0n) is 19.4. The first-order chi connectivity index (χ1) is 15.9. The Labute approximate surface area is 196 Å². The van der Waals surface area contributed by atoms with Gasteiger partial charge in [0.15, 0.2) is 0 Å². The Balaban J connectivity index is 1.55. The Kier molecular flexibility index (Phi) is 6.89. The second-order valence-electron chi connectivity index (χ2n) is 9.51. The number of rotatable bonds is 6. The molecule has 1 amide bonds. The molecule has 2 aromatic rings. The minimum absolute atomic E-state index is 0.0306. The van der Waals surface area contributed by atoms with Gasteiger partial charge in [0.25, 0.3) is 0 Å². The van der Waals surface area contributed by atoms with Crippen molar-refractivity contribution in [1.82, 2.24) is 9.80 Å². The highest BCUT2D eigenvalue weighted by Gasteiger charge is 2.49. The van der Waals surface area contributed by atoms with Crippen LogP contribution in [0.15, 0.2) is 67.3 Å². The molecule has 1 saturated carbocycles. The van der Waals surface area contributed by atoms with Gasteiger partial charge in [-0.1, -0.05) is 30.3 Å². The minimum atomic E-state index is -0.0528. The number of amides is 1. The Bertz CT molecular complexity index is 1030. The molecule has 0 radical (unpaired) electrons. The maximum atomic E-state index is 13.0. The van der Waals surface area contributed by atoms with Gasteiger partial charge in [0.1, 0.15) is 11.5 Å². The number of carbonyl (C=O) groups is 1. The van der Waals surface area contributed by atoms with Gasteiger partial charge in [-0.3, -0.25) is 9.69 Å². The van der Waals surface area contributed by atoms with Gasteiger partial charge in [0.2, 0.25) is 5.91 Å². The summed E-state index contributed by atoms with van der Waals surface area (Å²) in [4.78, 5) is 17.3. The van der Waals surface area contributed by atoms with Crippen LogP contribution in [0.2, 0.25) is 0 Å². The molecule has 4 rings (SSSR count). The van der Waals surface area contributed by atoms with E-state index in [2.05, 4.69) is 17.5 Å². The summed E-state index contributed by atoms with van der Waals surface area (Å²) in [7, 11) is 1.89. The van der Waals surface area contributed by atoms with Crippen LogP contribution in [0.4, 0.5) is 0 Å². The Morgan fingerprint density at radius 3 is 2.67 bits per heavy atom. The van der Waals surface area contributed by atoms with Crippen molar-refractivity contribution in [3.63, 3.8) is 0 Å². The molecule has 2 aliphatic rings. The molecule has 0 aromatic heterocycles. The van der Waals surface area contributed by atoms with Gasteiger partial charge < -0.3 is 15.1 Å². The van der Waals surface area contributed by atoms with E-state index in [9.17, 15) is 15.0 Å². The molecule has 2 aromatic carbocycles. The van der Waals surface area contributed by atoms with Crippen molar-refractivity contribution in [3.8, 4) is 11.5 Å². The lowest BCUT2D eigenvalue weighted by Gasteiger charge is -2.54. The average Bonchev–Trinajstić information content (AvgIpc) is 2.82. The zero-order chi connectivity index (χ0) is 23.4. The molecule has 5 heteroatoms. The van der Waals surface area contributed by atoms with E-state index >= 15 is 0 Å². The maximum absolute atomic E-state index is 13.0. The molecule has 2 fully saturated rings. The molecule has 5 nitrogen and oxygen atoms in total. The summed E-state index contributed by atoms with van der Waals surface area (Å²) < 4.78 is 0. The van der Waals surface area contributed by atoms with Gasteiger partial charge >= 0.3 is 0 Å². The van der Waals surface area contributed by atoms with Gasteiger partial charge in [-0.05, 0) is 79.6 Å². The summed E-state index contributed by atoms with van der Waals surface area (Å²) in [5, 5.41) is 19.9. The fourth-order valence-electron chi connectivity index (χ4n) is 5.78. The lowest BCUT2D eigenvalue weighted by Crippen LogP contribution is -2.56. The van der Waals surface area contributed by atoms with Crippen molar-refractivity contribution in [1.29, 1.82) is 0 Å². The fourth-order valence-corrected chi connectivity index (χ4v) is 5.78.